The molecule has 0 atom stereocenters. The van der Waals surface area contributed by atoms with Gasteiger partial charge in [-0.25, -0.2) is 0 Å². The third-order valence-electron chi connectivity index (χ3n) is 9.73. The van der Waals surface area contributed by atoms with Crippen LogP contribution in [0.25, 0.3) is 88.1 Å². The van der Waals surface area contributed by atoms with Crippen molar-refractivity contribution >= 4 is 65.6 Å². The molecule has 0 amide bonds. The smallest absolute Gasteiger partial charge is 0.145 e. The molecule has 7 aromatic carbocycles. The van der Waals surface area contributed by atoms with Gasteiger partial charge in [-0.2, -0.15) is 10.5 Å². The highest BCUT2D eigenvalue weighted by atomic mass is 16.3. The van der Waals surface area contributed by atoms with E-state index in [0.29, 0.717) is 11.1 Å². The van der Waals surface area contributed by atoms with E-state index in [1.807, 2.05) is 54.6 Å². The molecule has 0 fully saturated rings. The molecule has 0 N–H and O–H groups in total. The van der Waals surface area contributed by atoms with Gasteiger partial charge < -0.3 is 13.6 Å². The summed E-state index contributed by atoms with van der Waals surface area (Å²) in [6.07, 6.45) is 0. The van der Waals surface area contributed by atoms with Crippen molar-refractivity contribution in [1.29, 1.82) is 10.5 Å². The van der Waals surface area contributed by atoms with E-state index in [4.69, 9.17) is 4.42 Å². The van der Waals surface area contributed by atoms with Crippen LogP contribution in [0.15, 0.2) is 150 Å². The number of nitrogens with zero attached hydrogens (tertiary/aromatic N) is 4. The minimum absolute atomic E-state index is 0.606. The topological polar surface area (TPSA) is 70.6 Å². The van der Waals surface area contributed by atoms with Crippen molar-refractivity contribution in [3.8, 4) is 34.6 Å². The molecule has 49 heavy (non-hydrogen) atoms. The lowest BCUT2D eigenvalue weighted by Crippen LogP contribution is -2.00. The number of aromatic nitrogens is 2. The van der Waals surface area contributed by atoms with E-state index in [2.05, 4.69) is 112 Å². The average Bonchev–Trinajstić information content (AvgIpc) is 3.82. The Hall–Kier alpha value is -7.08. The zero-order valence-corrected chi connectivity index (χ0v) is 26.1. The Balaban J connectivity index is 1.34. The number of hydrogen-bond donors (Lipinski definition) is 0. The number of fused-ring (bicyclic) bond motifs is 10. The summed E-state index contributed by atoms with van der Waals surface area (Å²) in [4.78, 5) is 0. The van der Waals surface area contributed by atoms with Gasteiger partial charge in [-0.3, -0.25) is 0 Å². The van der Waals surface area contributed by atoms with Crippen LogP contribution < -0.4 is 0 Å². The lowest BCUT2D eigenvalue weighted by atomic mass is 10.0. The predicted molar refractivity (Wildman–Crippen MR) is 197 cm³/mol. The third kappa shape index (κ3) is 3.91. The van der Waals surface area contributed by atoms with Gasteiger partial charge in [0.25, 0.3) is 0 Å². The molecule has 0 aliphatic carbocycles. The lowest BCUT2D eigenvalue weighted by Gasteiger charge is -2.16. The van der Waals surface area contributed by atoms with Crippen molar-refractivity contribution in [2.75, 3.05) is 0 Å². The van der Waals surface area contributed by atoms with Crippen LogP contribution in [0.5, 0.6) is 0 Å². The van der Waals surface area contributed by atoms with Crippen molar-refractivity contribution in [1.82, 2.24) is 9.13 Å². The van der Waals surface area contributed by atoms with Gasteiger partial charge in [0.15, 0.2) is 0 Å². The normalized spacial score (nSPS) is 11.6. The highest BCUT2D eigenvalue weighted by Crippen LogP contribution is 2.42. The summed E-state index contributed by atoms with van der Waals surface area (Å²) < 4.78 is 11.2. The average molecular weight is 625 g/mol. The molecule has 10 rings (SSSR count). The molecule has 226 valence electrons. The number of rotatable bonds is 3. The molecule has 3 heterocycles. The summed E-state index contributed by atoms with van der Waals surface area (Å²) in [7, 11) is 0. The van der Waals surface area contributed by atoms with Gasteiger partial charge in [-0.05, 0) is 90.0 Å². The molecule has 0 saturated heterocycles. The standard InChI is InChI=1S/C44H24N4O/c45-25-27-8-7-9-29(20-27)30-22-31(47-38-13-4-1-10-33(38)37-21-28(26-46)16-18-40(37)47)24-32(23-30)48-39-14-5-2-12-36(39)43-41(48)19-17-35-34-11-3-6-15-42(34)49-44(35)43/h1-24H. The maximum Gasteiger partial charge on any atom is 0.145 e. The van der Waals surface area contributed by atoms with Gasteiger partial charge in [0.1, 0.15) is 11.2 Å². The molecule has 5 nitrogen and oxygen atoms in total. The first-order valence-corrected chi connectivity index (χ1v) is 16.1. The molecule has 0 bridgehead atoms. The number of para-hydroxylation sites is 3. The predicted octanol–water partition coefficient (Wildman–Crippen LogP) is 11.2. The van der Waals surface area contributed by atoms with E-state index in [1.165, 1.54) is 0 Å². The summed E-state index contributed by atoms with van der Waals surface area (Å²) in [6, 6.07) is 54.3. The Morgan fingerprint density at radius 3 is 1.86 bits per heavy atom. The van der Waals surface area contributed by atoms with Crippen molar-refractivity contribution in [3.63, 3.8) is 0 Å². The maximum atomic E-state index is 9.78. The van der Waals surface area contributed by atoms with Gasteiger partial charge in [-0.15, -0.1) is 0 Å². The molecule has 3 aromatic heterocycles. The minimum Gasteiger partial charge on any atom is -0.455 e. The molecule has 5 heteroatoms. The Morgan fingerprint density at radius 2 is 1.06 bits per heavy atom. The van der Waals surface area contributed by atoms with E-state index in [0.717, 1.165) is 88.1 Å². The van der Waals surface area contributed by atoms with E-state index in [9.17, 15) is 10.5 Å². The van der Waals surface area contributed by atoms with Gasteiger partial charge in [-0.1, -0.05) is 66.7 Å². The van der Waals surface area contributed by atoms with Crippen molar-refractivity contribution in [2.24, 2.45) is 0 Å². The van der Waals surface area contributed by atoms with Crippen LogP contribution in [0.1, 0.15) is 11.1 Å². The maximum absolute atomic E-state index is 9.78. The monoisotopic (exact) mass is 624 g/mol. The summed E-state index contributed by atoms with van der Waals surface area (Å²) >= 11 is 0. The van der Waals surface area contributed by atoms with Crippen LogP contribution >= 0.6 is 0 Å². The highest BCUT2D eigenvalue weighted by Gasteiger charge is 2.20. The highest BCUT2D eigenvalue weighted by molar-refractivity contribution is 6.24. The minimum atomic E-state index is 0.606. The van der Waals surface area contributed by atoms with Crippen LogP contribution in [0, 0.1) is 22.7 Å². The molecule has 0 aliphatic heterocycles. The zero-order valence-electron chi connectivity index (χ0n) is 26.1. The Labute approximate surface area is 280 Å². The van der Waals surface area contributed by atoms with Gasteiger partial charge >= 0.3 is 0 Å². The molecular formula is C44H24N4O. The first-order valence-electron chi connectivity index (χ1n) is 16.1. The van der Waals surface area contributed by atoms with Crippen molar-refractivity contribution in [3.05, 3.63) is 157 Å². The molecule has 0 radical (unpaired) electrons. The summed E-state index contributed by atoms with van der Waals surface area (Å²) in [5.41, 5.74) is 11.1. The fraction of sp³-hybridized carbons (Fsp3) is 0. The molecule has 0 saturated carbocycles. The second kappa shape index (κ2) is 10.2. The largest absolute Gasteiger partial charge is 0.455 e. The van der Waals surface area contributed by atoms with Crippen LogP contribution in [-0.2, 0) is 0 Å². The summed E-state index contributed by atoms with van der Waals surface area (Å²) in [5, 5.41) is 26.0. The molecule has 10 aromatic rings. The second-order valence-corrected chi connectivity index (χ2v) is 12.4. The molecule has 0 spiro atoms. The van der Waals surface area contributed by atoms with Crippen molar-refractivity contribution in [2.45, 2.75) is 0 Å². The molecule has 0 unspecified atom stereocenters. The number of benzene rings is 7. The fourth-order valence-corrected chi connectivity index (χ4v) is 7.62. The van der Waals surface area contributed by atoms with Crippen LogP contribution in [0.3, 0.4) is 0 Å². The van der Waals surface area contributed by atoms with Crippen LogP contribution in [0.4, 0.5) is 0 Å². The first kappa shape index (κ1) is 27.1. The van der Waals surface area contributed by atoms with Gasteiger partial charge in [0.05, 0.1) is 50.7 Å². The Morgan fingerprint density at radius 1 is 0.429 bits per heavy atom. The third-order valence-corrected chi connectivity index (χ3v) is 9.73. The second-order valence-electron chi connectivity index (χ2n) is 12.4. The zero-order chi connectivity index (χ0) is 32.6. The lowest BCUT2D eigenvalue weighted by molar-refractivity contribution is 0.673. The first-order chi connectivity index (χ1) is 24.2. The van der Waals surface area contributed by atoms with Gasteiger partial charge in [0.2, 0.25) is 0 Å². The van der Waals surface area contributed by atoms with Crippen molar-refractivity contribution < 1.29 is 4.42 Å². The molecule has 0 aliphatic rings. The van der Waals surface area contributed by atoms with Gasteiger partial charge in [0, 0.05) is 38.3 Å². The number of furan rings is 1. The van der Waals surface area contributed by atoms with E-state index in [1.54, 1.807) is 0 Å². The number of nitriles is 2. The summed E-state index contributed by atoms with van der Waals surface area (Å²) in [5.74, 6) is 0. The Bertz CT molecular complexity index is 3090. The quantitative estimate of drug-likeness (QED) is 0.196. The number of hydrogen-bond acceptors (Lipinski definition) is 3. The Kier molecular flexibility index (Phi) is 5.64. The summed E-state index contributed by atoms with van der Waals surface area (Å²) in [6.45, 7) is 0. The fourth-order valence-electron chi connectivity index (χ4n) is 7.62. The van der Waals surface area contributed by atoms with E-state index in [-0.39, 0.29) is 0 Å². The SMILES string of the molecule is N#Cc1cccc(-c2cc(-n3c4ccccc4c4cc(C#N)ccc43)cc(-n3c4ccccc4c4c5oc6ccccc6c5ccc43)c2)c1. The van der Waals surface area contributed by atoms with Crippen LogP contribution in [-0.4, -0.2) is 9.13 Å². The van der Waals surface area contributed by atoms with E-state index < -0.39 is 0 Å². The molecular weight excluding hydrogens is 601 g/mol. The van der Waals surface area contributed by atoms with Crippen LogP contribution in [0.2, 0.25) is 0 Å². The van der Waals surface area contributed by atoms with E-state index >= 15 is 0 Å².